The Morgan fingerprint density at radius 3 is 1.79 bits per heavy atom. The third kappa shape index (κ3) is 13.1. The molecule has 0 N–H and O–H groups in total. The largest absolute Gasteiger partial charge is 0.527 e. The first-order valence-corrected chi connectivity index (χ1v) is 14.3. The molecule has 48 heavy (non-hydrogen) atoms. The Hall–Kier alpha value is -2.97. The van der Waals surface area contributed by atoms with Crippen LogP contribution < -0.4 is 4.74 Å². The molecule has 274 valence electrons. The molecule has 0 amide bonds. The Morgan fingerprint density at radius 1 is 0.625 bits per heavy atom. The average Bonchev–Trinajstić information content (AvgIpc) is 2.95. The number of benzene rings is 1. The zero-order valence-corrected chi connectivity index (χ0v) is 25.1. The van der Waals surface area contributed by atoms with E-state index in [1.807, 2.05) is 10.8 Å². The summed E-state index contributed by atoms with van der Waals surface area (Å²) in [5.41, 5.74) is 1.49. The molecular weight excluding hydrogens is 691 g/mol. The fourth-order valence-corrected chi connectivity index (χ4v) is 3.89. The van der Waals surface area contributed by atoms with Crippen molar-refractivity contribution in [3.05, 3.63) is 42.2 Å². The Labute approximate surface area is 265 Å². The highest BCUT2D eigenvalue weighted by Gasteiger charge is 2.74. The SMILES string of the molecule is CCCCCCCCc1cc(-c2ncccn2)ccc1OCCCOCC(F)(F)OC(F)(F)C(F)(F)OC(F)(F)C(F)(F)OC(F)(F)F. The van der Waals surface area contributed by atoms with Crippen molar-refractivity contribution in [1.82, 2.24) is 9.97 Å². The van der Waals surface area contributed by atoms with Crippen molar-refractivity contribution in [3.8, 4) is 17.1 Å². The fraction of sp³-hybridized carbons (Fsp3) is 0.643. The van der Waals surface area contributed by atoms with Crippen molar-refractivity contribution in [3.63, 3.8) is 0 Å². The summed E-state index contributed by atoms with van der Waals surface area (Å²) in [5.74, 6) is 0.892. The summed E-state index contributed by atoms with van der Waals surface area (Å²) < 4.78 is 186. The molecule has 0 aliphatic rings. The predicted molar refractivity (Wildman–Crippen MR) is 140 cm³/mol. The maximum Gasteiger partial charge on any atom is 0.527 e. The molecule has 0 unspecified atom stereocenters. The van der Waals surface area contributed by atoms with Gasteiger partial charge in [0.2, 0.25) is 0 Å². The molecule has 0 aliphatic heterocycles. The van der Waals surface area contributed by atoms with Gasteiger partial charge in [-0.05, 0) is 42.7 Å². The van der Waals surface area contributed by atoms with Crippen molar-refractivity contribution in [1.29, 1.82) is 0 Å². The molecule has 0 saturated carbocycles. The van der Waals surface area contributed by atoms with Gasteiger partial charge in [-0.25, -0.2) is 24.2 Å². The van der Waals surface area contributed by atoms with Gasteiger partial charge >= 0.3 is 36.9 Å². The highest BCUT2D eigenvalue weighted by atomic mass is 19.4. The Balaban J connectivity index is 1.92. The maximum absolute atomic E-state index is 13.8. The van der Waals surface area contributed by atoms with Gasteiger partial charge in [0, 0.05) is 24.4 Å². The summed E-state index contributed by atoms with van der Waals surface area (Å²) in [6.07, 6.45) is -30.2. The van der Waals surface area contributed by atoms with Crippen LogP contribution in [0.2, 0.25) is 0 Å². The zero-order valence-electron chi connectivity index (χ0n) is 25.1. The van der Waals surface area contributed by atoms with Gasteiger partial charge in [-0.1, -0.05) is 39.0 Å². The van der Waals surface area contributed by atoms with Gasteiger partial charge in [-0.2, -0.15) is 43.9 Å². The van der Waals surface area contributed by atoms with Crippen LogP contribution in [0.1, 0.15) is 57.4 Å². The molecule has 2 rings (SSSR count). The number of hydrogen-bond donors (Lipinski definition) is 0. The third-order valence-corrected chi connectivity index (χ3v) is 6.10. The number of hydrogen-bond acceptors (Lipinski definition) is 7. The summed E-state index contributed by atoms with van der Waals surface area (Å²) in [4.78, 5) is 8.39. The summed E-state index contributed by atoms with van der Waals surface area (Å²) in [6, 6.07) is 6.79. The van der Waals surface area contributed by atoms with Crippen LogP contribution in [0.15, 0.2) is 36.7 Å². The summed E-state index contributed by atoms with van der Waals surface area (Å²) in [7, 11) is 0. The minimum atomic E-state index is -7.10. The molecule has 1 aromatic heterocycles. The highest BCUT2D eigenvalue weighted by molar-refractivity contribution is 5.58. The van der Waals surface area contributed by atoms with E-state index in [9.17, 15) is 57.1 Å². The fourth-order valence-electron chi connectivity index (χ4n) is 3.89. The van der Waals surface area contributed by atoms with E-state index in [0.29, 0.717) is 23.6 Å². The van der Waals surface area contributed by atoms with Gasteiger partial charge in [-0.3, -0.25) is 0 Å². The summed E-state index contributed by atoms with van der Waals surface area (Å²) in [6.45, 7) is -0.895. The quantitative estimate of drug-likeness (QED) is 0.0886. The standard InChI is InChI=1S/C28H31F13N2O5/c1-2-3-4-5-6-7-10-19-17-20(22-42-13-8-14-43-22)11-12-21(19)45-16-9-15-44-18-23(29,30)46-24(31,32)25(33,34)47-26(35,36)27(37,38)48-28(39,40)41/h8,11-14,17H,2-7,9-10,15-16,18H2,1H3. The lowest BCUT2D eigenvalue weighted by atomic mass is 10.0. The molecule has 20 heteroatoms. The monoisotopic (exact) mass is 722 g/mol. The Bertz CT molecular complexity index is 1250. The number of unbranched alkanes of at least 4 members (excludes halogenated alkanes) is 5. The van der Waals surface area contributed by atoms with Crippen LogP contribution in [0, 0.1) is 0 Å². The van der Waals surface area contributed by atoms with E-state index in [4.69, 9.17) is 4.74 Å². The number of aromatic nitrogens is 2. The van der Waals surface area contributed by atoms with Crippen molar-refractivity contribution >= 4 is 0 Å². The first kappa shape index (κ1) is 41.2. The Kier molecular flexibility index (Phi) is 14.7. The summed E-state index contributed by atoms with van der Waals surface area (Å²) >= 11 is 0. The molecule has 0 saturated heterocycles. The second-order valence-electron chi connectivity index (χ2n) is 10.1. The zero-order chi connectivity index (χ0) is 36.3. The van der Waals surface area contributed by atoms with E-state index in [1.54, 1.807) is 35.3 Å². The highest BCUT2D eigenvalue weighted by Crippen LogP contribution is 2.48. The van der Waals surface area contributed by atoms with Gasteiger partial charge in [0.25, 0.3) is 0 Å². The van der Waals surface area contributed by atoms with E-state index in [0.717, 1.165) is 44.1 Å². The molecule has 0 aliphatic carbocycles. The van der Waals surface area contributed by atoms with E-state index < -0.39 is 50.1 Å². The minimum Gasteiger partial charge on any atom is -0.493 e. The lowest BCUT2D eigenvalue weighted by Crippen LogP contribution is -2.57. The maximum atomic E-state index is 13.8. The number of aryl methyl sites for hydroxylation is 1. The predicted octanol–water partition coefficient (Wildman–Crippen LogP) is 9.37. The number of nitrogens with zero attached hydrogens (tertiary/aromatic N) is 2. The molecule has 1 heterocycles. The lowest BCUT2D eigenvalue weighted by Gasteiger charge is -2.33. The van der Waals surface area contributed by atoms with Gasteiger partial charge in [0.1, 0.15) is 12.4 Å². The van der Waals surface area contributed by atoms with Gasteiger partial charge in [0.15, 0.2) is 5.82 Å². The first-order valence-electron chi connectivity index (χ1n) is 14.3. The minimum absolute atomic E-state index is 0.160. The number of alkyl halides is 13. The second kappa shape index (κ2) is 17.1. The third-order valence-electron chi connectivity index (χ3n) is 6.10. The van der Waals surface area contributed by atoms with E-state index in [2.05, 4.69) is 26.4 Å². The molecule has 0 spiro atoms. The van der Waals surface area contributed by atoms with E-state index in [-0.39, 0.29) is 13.0 Å². The molecule has 0 radical (unpaired) electrons. The van der Waals surface area contributed by atoms with Crippen molar-refractivity contribution in [2.75, 3.05) is 19.8 Å². The van der Waals surface area contributed by atoms with Crippen LogP contribution >= 0.6 is 0 Å². The number of rotatable bonds is 22. The molecule has 0 fully saturated rings. The van der Waals surface area contributed by atoms with Gasteiger partial charge in [-0.15, -0.1) is 13.2 Å². The van der Waals surface area contributed by atoms with E-state index in [1.165, 1.54) is 0 Å². The molecule has 1 aromatic carbocycles. The number of ether oxygens (including phenoxy) is 5. The van der Waals surface area contributed by atoms with Crippen molar-refractivity contribution < 1.29 is 80.8 Å². The van der Waals surface area contributed by atoms with Crippen LogP contribution in [0.4, 0.5) is 57.1 Å². The summed E-state index contributed by atoms with van der Waals surface area (Å²) in [5, 5.41) is 0. The van der Waals surface area contributed by atoms with Crippen LogP contribution in [0.5, 0.6) is 5.75 Å². The molecule has 0 bridgehead atoms. The number of halogens is 13. The first-order chi connectivity index (χ1) is 22.1. The normalized spacial score (nSPS) is 13.6. The van der Waals surface area contributed by atoms with Gasteiger partial charge in [0.05, 0.1) is 13.2 Å². The second-order valence-corrected chi connectivity index (χ2v) is 10.1. The molecular formula is C28H31F13N2O5. The molecule has 0 atom stereocenters. The topological polar surface area (TPSA) is 71.9 Å². The van der Waals surface area contributed by atoms with Crippen LogP contribution in [-0.2, 0) is 25.4 Å². The van der Waals surface area contributed by atoms with Crippen LogP contribution in [0.25, 0.3) is 11.4 Å². The molecule has 7 nitrogen and oxygen atoms in total. The molecule has 2 aromatic rings. The van der Waals surface area contributed by atoms with E-state index >= 15 is 0 Å². The average molecular weight is 723 g/mol. The van der Waals surface area contributed by atoms with Crippen LogP contribution in [0.3, 0.4) is 0 Å². The van der Waals surface area contributed by atoms with Crippen molar-refractivity contribution in [2.45, 2.75) is 95.2 Å². The Morgan fingerprint density at radius 2 is 1.19 bits per heavy atom. The lowest BCUT2D eigenvalue weighted by molar-refractivity contribution is -0.564. The van der Waals surface area contributed by atoms with Crippen LogP contribution in [-0.4, -0.2) is 66.7 Å². The van der Waals surface area contributed by atoms with Gasteiger partial charge < -0.3 is 9.47 Å². The van der Waals surface area contributed by atoms with Crippen molar-refractivity contribution in [2.24, 2.45) is 0 Å². The smallest absolute Gasteiger partial charge is 0.493 e.